The third-order valence-electron chi connectivity index (χ3n) is 4.18. The van der Waals surface area contributed by atoms with Crippen LogP contribution < -0.4 is 5.32 Å². The highest BCUT2D eigenvalue weighted by Crippen LogP contribution is 2.29. The summed E-state index contributed by atoms with van der Waals surface area (Å²) in [5.74, 6) is -1.06. The van der Waals surface area contributed by atoms with Gasteiger partial charge in [-0.05, 0) is 61.4 Å². The highest BCUT2D eigenvalue weighted by Gasteiger charge is 2.18. The van der Waals surface area contributed by atoms with Crippen molar-refractivity contribution in [3.05, 3.63) is 57.0 Å². The molecule has 1 aromatic heterocycles. The van der Waals surface area contributed by atoms with Crippen LogP contribution in [0.1, 0.15) is 38.5 Å². The Morgan fingerprint density at radius 2 is 1.92 bits per heavy atom. The number of carbonyl (C=O) groups excluding carboxylic acids is 2. The second-order valence-corrected chi connectivity index (χ2v) is 7.21. The molecule has 1 amide bonds. The summed E-state index contributed by atoms with van der Waals surface area (Å²) in [7, 11) is 0. The topological polar surface area (TPSA) is 55.4 Å². The van der Waals surface area contributed by atoms with Crippen LogP contribution in [0.3, 0.4) is 0 Å². The van der Waals surface area contributed by atoms with E-state index in [-0.39, 0.29) is 18.3 Å². The SMILES string of the molecule is O=C(COC(=O)c1cc2c(s1)CCCC2)NCCc1ccc(F)cc1. The lowest BCUT2D eigenvalue weighted by atomic mass is 9.99. The molecule has 2 aromatic rings. The van der Waals surface area contributed by atoms with Gasteiger partial charge in [-0.1, -0.05) is 12.1 Å². The normalized spacial score (nSPS) is 13.2. The molecule has 1 aliphatic rings. The Morgan fingerprint density at radius 1 is 1.16 bits per heavy atom. The average Bonchev–Trinajstić information content (AvgIpc) is 3.05. The number of benzene rings is 1. The molecule has 132 valence electrons. The first-order valence-corrected chi connectivity index (χ1v) is 9.23. The van der Waals surface area contributed by atoms with Crippen LogP contribution in [-0.4, -0.2) is 25.0 Å². The number of nitrogens with one attached hydrogen (secondary N) is 1. The van der Waals surface area contributed by atoms with Crippen molar-refractivity contribution in [2.45, 2.75) is 32.1 Å². The van der Waals surface area contributed by atoms with Gasteiger partial charge in [0.1, 0.15) is 10.7 Å². The van der Waals surface area contributed by atoms with Crippen molar-refractivity contribution in [3.8, 4) is 0 Å². The Bertz CT molecular complexity index is 731. The van der Waals surface area contributed by atoms with Crippen LogP contribution in [0.2, 0.25) is 0 Å². The number of ether oxygens (including phenoxy) is 1. The van der Waals surface area contributed by atoms with E-state index < -0.39 is 5.97 Å². The monoisotopic (exact) mass is 361 g/mol. The Balaban J connectivity index is 1.40. The Morgan fingerprint density at radius 3 is 2.68 bits per heavy atom. The fourth-order valence-corrected chi connectivity index (χ4v) is 3.99. The van der Waals surface area contributed by atoms with E-state index in [9.17, 15) is 14.0 Å². The van der Waals surface area contributed by atoms with Crippen molar-refractivity contribution in [1.29, 1.82) is 0 Å². The lowest BCUT2D eigenvalue weighted by molar-refractivity contribution is -0.124. The standard InChI is InChI=1S/C19H20FNO3S/c20-15-7-5-13(6-8-15)9-10-21-18(22)12-24-19(23)17-11-14-3-1-2-4-16(14)25-17/h5-8,11H,1-4,9-10,12H2,(H,21,22). The van der Waals surface area contributed by atoms with Crippen LogP contribution in [0.15, 0.2) is 30.3 Å². The van der Waals surface area contributed by atoms with Crippen molar-refractivity contribution in [2.24, 2.45) is 0 Å². The van der Waals surface area contributed by atoms with Gasteiger partial charge in [-0.2, -0.15) is 0 Å². The number of rotatable bonds is 6. The second kappa shape index (κ2) is 8.25. The smallest absolute Gasteiger partial charge is 0.348 e. The van der Waals surface area contributed by atoms with E-state index in [0.29, 0.717) is 17.8 Å². The van der Waals surface area contributed by atoms with Gasteiger partial charge in [-0.25, -0.2) is 9.18 Å². The number of halogens is 1. The third-order valence-corrected chi connectivity index (χ3v) is 5.40. The minimum absolute atomic E-state index is 0.282. The molecule has 3 rings (SSSR count). The van der Waals surface area contributed by atoms with E-state index in [1.807, 2.05) is 6.07 Å². The molecule has 4 nitrogen and oxygen atoms in total. The van der Waals surface area contributed by atoms with Crippen molar-refractivity contribution in [1.82, 2.24) is 5.32 Å². The van der Waals surface area contributed by atoms with Crippen LogP contribution in [0.4, 0.5) is 4.39 Å². The van der Waals surface area contributed by atoms with Crippen LogP contribution in [0.5, 0.6) is 0 Å². The first-order valence-electron chi connectivity index (χ1n) is 8.41. The molecule has 0 saturated carbocycles. The number of esters is 1. The number of hydrogen-bond donors (Lipinski definition) is 1. The first kappa shape index (κ1) is 17.6. The lowest BCUT2D eigenvalue weighted by Gasteiger charge is -2.08. The maximum absolute atomic E-state index is 12.8. The molecular weight excluding hydrogens is 341 g/mol. The molecule has 0 radical (unpaired) electrons. The van der Waals surface area contributed by atoms with Gasteiger partial charge in [0.05, 0.1) is 0 Å². The van der Waals surface area contributed by atoms with Crippen molar-refractivity contribution < 1.29 is 18.7 Å². The van der Waals surface area contributed by atoms with Gasteiger partial charge in [0, 0.05) is 11.4 Å². The van der Waals surface area contributed by atoms with Gasteiger partial charge in [0.15, 0.2) is 6.61 Å². The summed E-state index contributed by atoms with van der Waals surface area (Å²) >= 11 is 1.47. The molecular formula is C19H20FNO3S. The van der Waals surface area contributed by atoms with Gasteiger partial charge < -0.3 is 10.1 Å². The highest BCUT2D eigenvalue weighted by molar-refractivity contribution is 7.14. The van der Waals surface area contributed by atoms with Gasteiger partial charge in [0.2, 0.25) is 0 Å². The Kier molecular flexibility index (Phi) is 5.81. The summed E-state index contributed by atoms with van der Waals surface area (Å²) in [5, 5.41) is 2.70. The van der Waals surface area contributed by atoms with Crippen molar-refractivity contribution in [2.75, 3.05) is 13.2 Å². The zero-order chi connectivity index (χ0) is 17.6. The van der Waals surface area contributed by atoms with Gasteiger partial charge >= 0.3 is 5.97 Å². The summed E-state index contributed by atoms with van der Waals surface area (Å²) < 4.78 is 17.9. The molecule has 0 saturated heterocycles. The number of carbonyl (C=O) groups is 2. The largest absolute Gasteiger partial charge is 0.451 e. The molecule has 0 atom stereocenters. The summed E-state index contributed by atoms with van der Waals surface area (Å²) in [6.45, 7) is 0.125. The number of amides is 1. The third kappa shape index (κ3) is 4.89. The first-order chi connectivity index (χ1) is 12.1. The summed E-state index contributed by atoms with van der Waals surface area (Å²) in [6.07, 6.45) is 4.96. The predicted molar refractivity (Wildman–Crippen MR) is 94.4 cm³/mol. The Labute approximate surface area is 150 Å². The highest BCUT2D eigenvalue weighted by atomic mass is 32.1. The molecule has 25 heavy (non-hydrogen) atoms. The van der Waals surface area contributed by atoms with Crippen LogP contribution in [-0.2, 0) is 28.8 Å². The van der Waals surface area contributed by atoms with E-state index in [1.54, 1.807) is 12.1 Å². The number of hydrogen-bond acceptors (Lipinski definition) is 4. The molecule has 6 heteroatoms. The molecule has 0 spiro atoms. The zero-order valence-electron chi connectivity index (χ0n) is 13.8. The summed E-state index contributed by atoms with van der Waals surface area (Å²) in [4.78, 5) is 25.7. The van der Waals surface area contributed by atoms with Crippen LogP contribution in [0, 0.1) is 5.82 Å². The maximum Gasteiger partial charge on any atom is 0.348 e. The zero-order valence-corrected chi connectivity index (χ0v) is 14.7. The summed E-state index contributed by atoms with van der Waals surface area (Å²) in [5.41, 5.74) is 2.18. The molecule has 0 bridgehead atoms. The predicted octanol–water partition coefficient (Wildman–Crippen LogP) is 3.28. The Hall–Kier alpha value is -2.21. The van der Waals surface area contributed by atoms with E-state index >= 15 is 0 Å². The second-order valence-electron chi connectivity index (χ2n) is 6.07. The molecule has 1 N–H and O–H groups in total. The minimum atomic E-state index is -0.437. The van der Waals surface area contributed by atoms with E-state index in [2.05, 4.69) is 5.32 Å². The van der Waals surface area contributed by atoms with E-state index in [0.717, 1.165) is 24.8 Å². The van der Waals surface area contributed by atoms with Gasteiger partial charge in [-0.3, -0.25) is 4.79 Å². The molecule has 0 unspecified atom stereocenters. The molecule has 1 aliphatic carbocycles. The quantitative estimate of drug-likeness (QED) is 0.804. The lowest BCUT2D eigenvalue weighted by Crippen LogP contribution is -2.30. The minimum Gasteiger partial charge on any atom is -0.451 e. The maximum atomic E-state index is 12.8. The van der Waals surface area contributed by atoms with Crippen LogP contribution in [0.25, 0.3) is 0 Å². The molecule has 1 heterocycles. The fourth-order valence-electron chi connectivity index (χ4n) is 2.84. The van der Waals surface area contributed by atoms with Gasteiger partial charge in [0.25, 0.3) is 5.91 Å². The van der Waals surface area contributed by atoms with Crippen molar-refractivity contribution in [3.63, 3.8) is 0 Å². The average molecular weight is 361 g/mol. The molecule has 0 aliphatic heterocycles. The van der Waals surface area contributed by atoms with E-state index in [4.69, 9.17) is 4.74 Å². The molecule has 1 aromatic carbocycles. The van der Waals surface area contributed by atoms with Crippen molar-refractivity contribution >= 4 is 23.2 Å². The van der Waals surface area contributed by atoms with Crippen LogP contribution >= 0.6 is 11.3 Å². The molecule has 0 fully saturated rings. The fraction of sp³-hybridized carbons (Fsp3) is 0.368. The van der Waals surface area contributed by atoms with E-state index in [1.165, 1.54) is 40.3 Å². The van der Waals surface area contributed by atoms with Gasteiger partial charge in [-0.15, -0.1) is 11.3 Å². The number of aryl methyl sites for hydroxylation is 2. The number of fused-ring (bicyclic) bond motifs is 1. The number of thiophene rings is 1. The summed E-state index contributed by atoms with van der Waals surface area (Å²) in [6, 6.07) is 8.03.